The van der Waals surface area contributed by atoms with Gasteiger partial charge in [0.25, 0.3) is 0 Å². The van der Waals surface area contributed by atoms with Gasteiger partial charge in [-0.1, -0.05) is 0 Å². The van der Waals surface area contributed by atoms with E-state index in [0.717, 1.165) is 31.6 Å². The summed E-state index contributed by atoms with van der Waals surface area (Å²) in [5, 5.41) is 0. The molecule has 1 aromatic rings. The van der Waals surface area contributed by atoms with Gasteiger partial charge in [-0.05, 0) is 49.6 Å². The predicted molar refractivity (Wildman–Crippen MR) is 75.7 cm³/mol. The highest BCUT2D eigenvalue weighted by molar-refractivity contribution is 5.85. The lowest BCUT2D eigenvalue weighted by Gasteiger charge is -2.18. The smallest absolute Gasteiger partial charge is 0.328 e. The van der Waals surface area contributed by atoms with Crippen LogP contribution < -0.4 is 5.73 Å². The number of rotatable bonds is 3. The highest BCUT2D eigenvalue weighted by Gasteiger charge is 2.32. The molecular formula is C14H19ClF4N2. The quantitative estimate of drug-likeness (QED) is 0.862. The van der Waals surface area contributed by atoms with Gasteiger partial charge in [0.2, 0.25) is 0 Å². The summed E-state index contributed by atoms with van der Waals surface area (Å²) in [6.07, 6.45) is -3.59. The molecule has 1 aromatic carbocycles. The molecule has 7 heteroatoms. The van der Waals surface area contributed by atoms with Crippen molar-refractivity contribution in [1.29, 1.82) is 0 Å². The number of likely N-dealkylation sites (tertiary alicyclic amines) is 1. The van der Waals surface area contributed by atoms with Gasteiger partial charge in [0, 0.05) is 19.1 Å². The molecule has 1 aliphatic heterocycles. The molecule has 120 valence electrons. The molecule has 2 N–H and O–H groups in total. The van der Waals surface area contributed by atoms with Crippen LogP contribution >= 0.6 is 12.4 Å². The molecule has 21 heavy (non-hydrogen) atoms. The van der Waals surface area contributed by atoms with Crippen molar-refractivity contribution in [3.05, 3.63) is 35.1 Å². The van der Waals surface area contributed by atoms with Crippen molar-refractivity contribution in [2.24, 2.45) is 11.7 Å². The Morgan fingerprint density at radius 1 is 1.33 bits per heavy atom. The molecule has 1 aliphatic rings. The van der Waals surface area contributed by atoms with E-state index in [1.165, 1.54) is 0 Å². The number of halogens is 5. The fourth-order valence-electron chi connectivity index (χ4n) is 2.60. The van der Waals surface area contributed by atoms with Crippen molar-refractivity contribution in [3.63, 3.8) is 0 Å². The Kier molecular flexibility index (Phi) is 6.01. The van der Waals surface area contributed by atoms with Gasteiger partial charge in [-0.25, -0.2) is 4.39 Å². The van der Waals surface area contributed by atoms with Crippen molar-refractivity contribution in [3.8, 4) is 0 Å². The minimum absolute atomic E-state index is 0. The first-order valence-electron chi connectivity index (χ1n) is 6.60. The van der Waals surface area contributed by atoms with Crippen LogP contribution in [0.3, 0.4) is 0 Å². The van der Waals surface area contributed by atoms with Crippen LogP contribution in [0.4, 0.5) is 17.6 Å². The van der Waals surface area contributed by atoms with Crippen LogP contribution in [0.2, 0.25) is 0 Å². The Balaban J connectivity index is 0.00000220. The lowest BCUT2D eigenvalue weighted by atomic mass is 10.0. The van der Waals surface area contributed by atoms with Gasteiger partial charge in [-0.15, -0.1) is 12.4 Å². The molecule has 2 rings (SSSR count). The third-order valence-corrected chi connectivity index (χ3v) is 3.74. The average molecular weight is 327 g/mol. The van der Waals surface area contributed by atoms with Crippen LogP contribution in [0.15, 0.2) is 18.2 Å². The van der Waals surface area contributed by atoms with Gasteiger partial charge in [0.1, 0.15) is 5.82 Å². The summed E-state index contributed by atoms with van der Waals surface area (Å²) >= 11 is 0. The van der Waals surface area contributed by atoms with E-state index in [4.69, 9.17) is 5.73 Å². The zero-order valence-electron chi connectivity index (χ0n) is 11.7. The first kappa shape index (κ1) is 18.2. The van der Waals surface area contributed by atoms with Gasteiger partial charge < -0.3 is 5.73 Å². The lowest BCUT2D eigenvalue weighted by Crippen LogP contribution is -2.29. The van der Waals surface area contributed by atoms with E-state index in [2.05, 4.69) is 0 Å². The second-order valence-corrected chi connectivity index (χ2v) is 5.49. The number of alkyl halides is 3. The summed E-state index contributed by atoms with van der Waals surface area (Å²) in [4.78, 5) is 2.02. The molecule has 2 atom stereocenters. The normalized spacial score (nSPS) is 21.1. The predicted octanol–water partition coefficient (Wildman–Crippen LogP) is 3.44. The zero-order valence-corrected chi connectivity index (χ0v) is 12.5. The van der Waals surface area contributed by atoms with Gasteiger partial charge in [-0.2, -0.15) is 13.2 Å². The highest BCUT2D eigenvalue weighted by atomic mass is 35.5. The summed E-state index contributed by atoms with van der Waals surface area (Å²) in [5.41, 5.74) is 5.24. The Morgan fingerprint density at radius 2 is 2.00 bits per heavy atom. The van der Waals surface area contributed by atoms with Gasteiger partial charge >= 0.3 is 6.18 Å². The first-order chi connectivity index (χ1) is 9.25. The molecule has 0 aromatic heterocycles. The molecule has 0 bridgehead atoms. The zero-order chi connectivity index (χ0) is 14.9. The third-order valence-electron chi connectivity index (χ3n) is 3.74. The molecular weight excluding hydrogens is 308 g/mol. The molecule has 0 aliphatic carbocycles. The summed E-state index contributed by atoms with van der Waals surface area (Å²) < 4.78 is 51.2. The molecule has 0 spiro atoms. The molecule has 1 heterocycles. The molecule has 0 radical (unpaired) electrons. The topological polar surface area (TPSA) is 29.3 Å². The fourth-order valence-corrected chi connectivity index (χ4v) is 2.60. The fraction of sp³-hybridized carbons (Fsp3) is 0.571. The van der Waals surface area contributed by atoms with E-state index < -0.39 is 17.6 Å². The largest absolute Gasteiger partial charge is 0.416 e. The number of hydrogen-bond donors (Lipinski definition) is 1. The van der Waals surface area contributed by atoms with Crippen LogP contribution in [0.5, 0.6) is 0 Å². The van der Waals surface area contributed by atoms with Gasteiger partial charge in [0.05, 0.1) is 5.56 Å². The van der Waals surface area contributed by atoms with Crippen molar-refractivity contribution in [2.75, 3.05) is 13.1 Å². The number of nitrogens with two attached hydrogens (primary N) is 1. The van der Waals surface area contributed by atoms with Gasteiger partial charge in [0.15, 0.2) is 0 Å². The van der Waals surface area contributed by atoms with E-state index in [1.54, 1.807) is 0 Å². The summed E-state index contributed by atoms with van der Waals surface area (Å²) in [7, 11) is 0. The molecule has 0 amide bonds. The van der Waals surface area contributed by atoms with Crippen LogP contribution in [-0.2, 0) is 12.7 Å². The standard InChI is InChI=1S/C14H18F4N2.ClH/c1-9(19)11-2-3-20(8-11)7-10-4-12(14(16,17)18)6-13(15)5-10;/h4-6,9,11H,2-3,7-8,19H2,1H3;1H. The van der Waals surface area contributed by atoms with Crippen molar-refractivity contribution >= 4 is 12.4 Å². The molecule has 0 saturated carbocycles. The monoisotopic (exact) mass is 326 g/mol. The summed E-state index contributed by atoms with van der Waals surface area (Å²) in [6, 6.07) is 2.77. The maximum atomic E-state index is 13.3. The SMILES string of the molecule is CC(N)C1CCN(Cc2cc(F)cc(C(F)(F)F)c2)C1.Cl. The van der Waals surface area contributed by atoms with E-state index in [0.29, 0.717) is 24.1 Å². The number of hydrogen-bond acceptors (Lipinski definition) is 2. The maximum Gasteiger partial charge on any atom is 0.416 e. The van der Waals surface area contributed by atoms with E-state index >= 15 is 0 Å². The van der Waals surface area contributed by atoms with Gasteiger partial charge in [-0.3, -0.25) is 4.90 Å². The van der Waals surface area contributed by atoms with Crippen LogP contribution in [0.1, 0.15) is 24.5 Å². The minimum atomic E-state index is -4.52. The summed E-state index contributed by atoms with van der Waals surface area (Å²) in [5.74, 6) is -0.497. The maximum absolute atomic E-state index is 13.3. The van der Waals surface area contributed by atoms with Crippen molar-refractivity contribution in [1.82, 2.24) is 4.90 Å². The minimum Gasteiger partial charge on any atom is -0.328 e. The number of nitrogens with zero attached hydrogens (tertiary/aromatic N) is 1. The van der Waals surface area contributed by atoms with E-state index in [-0.39, 0.29) is 18.4 Å². The van der Waals surface area contributed by atoms with E-state index in [9.17, 15) is 17.6 Å². The number of benzene rings is 1. The Morgan fingerprint density at radius 3 is 2.52 bits per heavy atom. The second-order valence-electron chi connectivity index (χ2n) is 5.49. The summed E-state index contributed by atoms with van der Waals surface area (Å²) in [6.45, 7) is 3.78. The molecule has 1 saturated heterocycles. The van der Waals surface area contributed by atoms with Crippen LogP contribution in [0.25, 0.3) is 0 Å². The van der Waals surface area contributed by atoms with E-state index in [1.807, 2.05) is 11.8 Å². The molecule has 1 fully saturated rings. The first-order valence-corrected chi connectivity index (χ1v) is 6.60. The highest BCUT2D eigenvalue weighted by Crippen LogP contribution is 2.31. The lowest BCUT2D eigenvalue weighted by molar-refractivity contribution is -0.137. The van der Waals surface area contributed by atoms with Crippen molar-refractivity contribution < 1.29 is 17.6 Å². The van der Waals surface area contributed by atoms with Crippen LogP contribution in [0, 0.1) is 11.7 Å². The Bertz CT molecular complexity index is 477. The van der Waals surface area contributed by atoms with Crippen molar-refractivity contribution in [2.45, 2.75) is 32.1 Å². The molecule has 2 nitrogen and oxygen atoms in total. The third kappa shape index (κ3) is 4.83. The Labute approximate surface area is 127 Å². The Hall–Kier alpha value is -0.850. The average Bonchev–Trinajstić information content (AvgIpc) is 2.75. The molecule has 2 unspecified atom stereocenters. The van der Waals surface area contributed by atoms with Crippen LogP contribution in [-0.4, -0.2) is 24.0 Å². The second kappa shape index (κ2) is 6.94.